The van der Waals surface area contributed by atoms with Crippen molar-refractivity contribution in [2.45, 2.75) is 19.3 Å². The molecule has 23 heavy (non-hydrogen) atoms. The number of hydrogen-bond acceptors (Lipinski definition) is 4. The Bertz CT molecular complexity index is 945. The molecule has 2 heterocycles. The molecule has 6 nitrogen and oxygen atoms in total. The Hall–Kier alpha value is -2.89. The van der Waals surface area contributed by atoms with Crippen LogP contribution < -0.4 is 5.32 Å². The first-order chi connectivity index (χ1) is 11.0. The van der Waals surface area contributed by atoms with Crippen LogP contribution >= 0.6 is 0 Å². The zero-order chi connectivity index (χ0) is 16.1. The maximum absolute atomic E-state index is 12.0. The summed E-state index contributed by atoms with van der Waals surface area (Å²) in [6, 6.07) is 9.54. The standard InChI is InChI=1S/C17H16N4O2/c1-9-5-12-11(7-17(23)18-13(12)8-16(9)22)10-3-4-15-14(6-10)19-20-21(15)2/h3-6,8,11,22H,7H2,1-2H3,(H,18,23). The van der Waals surface area contributed by atoms with Gasteiger partial charge in [-0.1, -0.05) is 11.3 Å². The Kier molecular flexibility index (Phi) is 2.87. The molecule has 3 aromatic rings. The SMILES string of the molecule is Cc1cc2c(cc1O)NC(=O)CC2c1ccc2c(c1)nnn2C. The molecule has 1 aliphatic heterocycles. The fourth-order valence-corrected chi connectivity index (χ4v) is 3.18. The minimum Gasteiger partial charge on any atom is -0.508 e. The topological polar surface area (TPSA) is 80.0 Å². The van der Waals surface area contributed by atoms with Gasteiger partial charge < -0.3 is 10.4 Å². The van der Waals surface area contributed by atoms with E-state index in [0.29, 0.717) is 12.1 Å². The van der Waals surface area contributed by atoms with Gasteiger partial charge in [-0.2, -0.15) is 0 Å². The van der Waals surface area contributed by atoms with E-state index in [1.165, 1.54) is 0 Å². The summed E-state index contributed by atoms with van der Waals surface area (Å²) in [6.45, 7) is 1.86. The number of phenols is 1. The number of aryl methyl sites for hydroxylation is 2. The van der Waals surface area contributed by atoms with Gasteiger partial charge in [0.15, 0.2) is 0 Å². The molecule has 0 radical (unpaired) electrons. The number of nitrogens with zero attached hydrogens (tertiary/aromatic N) is 3. The zero-order valence-electron chi connectivity index (χ0n) is 12.9. The second kappa shape index (κ2) is 4.81. The van der Waals surface area contributed by atoms with Gasteiger partial charge in [-0.3, -0.25) is 4.79 Å². The number of aromatic hydroxyl groups is 1. The summed E-state index contributed by atoms with van der Waals surface area (Å²) in [4.78, 5) is 12.0. The van der Waals surface area contributed by atoms with Gasteiger partial charge in [-0.05, 0) is 41.8 Å². The first-order valence-corrected chi connectivity index (χ1v) is 7.45. The van der Waals surface area contributed by atoms with E-state index in [4.69, 9.17) is 0 Å². The zero-order valence-corrected chi connectivity index (χ0v) is 12.9. The summed E-state index contributed by atoms with van der Waals surface area (Å²) >= 11 is 0. The van der Waals surface area contributed by atoms with E-state index in [2.05, 4.69) is 15.6 Å². The quantitative estimate of drug-likeness (QED) is 0.723. The first-order valence-electron chi connectivity index (χ1n) is 7.45. The van der Waals surface area contributed by atoms with E-state index in [1.807, 2.05) is 38.2 Å². The number of aromatic nitrogens is 3. The molecular weight excluding hydrogens is 292 g/mol. The van der Waals surface area contributed by atoms with Gasteiger partial charge >= 0.3 is 0 Å². The first kappa shape index (κ1) is 13.8. The monoisotopic (exact) mass is 308 g/mol. The van der Waals surface area contributed by atoms with Crippen molar-refractivity contribution in [3.63, 3.8) is 0 Å². The number of phenolic OH excluding ortho intramolecular Hbond substituents is 1. The van der Waals surface area contributed by atoms with Gasteiger partial charge in [0.2, 0.25) is 5.91 Å². The van der Waals surface area contributed by atoms with Crippen molar-refractivity contribution in [2.24, 2.45) is 7.05 Å². The molecule has 0 fully saturated rings. The van der Waals surface area contributed by atoms with Crippen molar-refractivity contribution in [1.82, 2.24) is 15.0 Å². The van der Waals surface area contributed by atoms with E-state index in [9.17, 15) is 9.90 Å². The summed E-state index contributed by atoms with van der Waals surface area (Å²) < 4.78 is 1.73. The van der Waals surface area contributed by atoms with Crippen LogP contribution in [0.15, 0.2) is 30.3 Å². The third-order valence-corrected chi connectivity index (χ3v) is 4.44. The van der Waals surface area contributed by atoms with Crippen molar-refractivity contribution in [1.29, 1.82) is 0 Å². The Morgan fingerprint density at radius 2 is 2.13 bits per heavy atom. The van der Waals surface area contributed by atoms with Crippen molar-refractivity contribution in [3.05, 3.63) is 47.0 Å². The summed E-state index contributed by atoms with van der Waals surface area (Å²) in [7, 11) is 1.85. The van der Waals surface area contributed by atoms with Gasteiger partial charge in [0.25, 0.3) is 0 Å². The average Bonchev–Trinajstić information content (AvgIpc) is 2.89. The van der Waals surface area contributed by atoms with E-state index in [1.54, 1.807) is 10.7 Å². The summed E-state index contributed by atoms with van der Waals surface area (Å²) in [5.74, 6) is 0.0866. The number of carbonyl (C=O) groups excluding carboxylic acids is 1. The molecule has 2 aromatic carbocycles. The highest BCUT2D eigenvalue weighted by Gasteiger charge is 2.27. The van der Waals surface area contributed by atoms with Gasteiger partial charge in [0.05, 0.1) is 5.52 Å². The molecule has 116 valence electrons. The molecule has 0 aliphatic carbocycles. The van der Waals surface area contributed by atoms with Crippen LogP contribution in [0.4, 0.5) is 5.69 Å². The summed E-state index contributed by atoms with van der Waals surface area (Å²) in [6.07, 6.45) is 0.378. The number of carbonyl (C=O) groups is 1. The average molecular weight is 308 g/mol. The molecule has 0 bridgehead atoms. The fourth-order valence-electron chi connectivity index (χ4n) is 3.18. The molecular formula is C17H16N4O2. The molecule has 1 unspecified atom stereocenters. The van der Waals surface area contributed by atoms with Crippen molar-refractivity contribution >= 4 is 22.6 Å². The Morgan fingerprint density at radius 1 is 1.30 bits per heavy atom. The highest BCUT2D eigenvalue weighted by molar-refractivity contribution is 5.96. The number of amides is 1. The Balaban J connectivity index is 1.87. The van der Waals surface area contributed by atoms with Crippen LogP contribution in [0.5, 0.6) is 5.75 Å². The van der Waals surface area contributed by atoms with Crippen LogP contribution in [-0.2, 0) is 11.8 Å². The highest BCUT2D eigenvalue weighted by Crippen LogP contribution is 2.40. The number of anilines is 1. The van der Waals surface area contributed by atoms with E-state index < -0.39 is 0 Å². The number of rotatable bonds is 1. The summed E-state index contributed by atoms with van der Waals surface area (Å²) in [5, 5.41) is 20.9. The van der Waals surface area contributed by atoms with E-state index in [0.717, 1.165) is 27.7 Å². The normalized spacial score (nSPS) is 17.1. The van der Waals surface area contributed by atoms with Crippen LogP contribution in [-0.4, -0.2) is 26.0 Å². The highest BCUT2D eigenvalue weighted by atomic mass is 16.3. The lowest BCUT2D eigenvalue weighted by atomic mass is 9.84. The molecule has 6 heteroatoms. The molecule has 0 saturated carbocycles. The molecule has 1 aromatic heterocycles. The maximum Gasteiger partial charge on any atom is 0.225 e. The third kappa shape index (κ3) is 2.14. The lowest BCUT2D eigenvalue weighted by molar-refractivity contribution is -0.116. The lowest BCUT2D eigenvalue weighted by Crippen LogP contribution is -2.23. The smallest absolute Gasteiger partial charge is 0.225 e. The van der Waals surface area contributed by atoms with Crippen molar-refractivity contribution < 1.29 is 9.90 Å². The van der Waals surface area contributed by atoms with Gasteiger partial charge in [0, 0.05) is 31.1 Å². The minimum absolute atomic E-state index is 0.0509. The number of benzene rings is 2. The third-order valence-electron chi connectivity index (χ3n) is 4.44. The van der Waals surface area contributed by atoms with E-state index >= 15 is 0 Å². The number of fused-ring (bicyclic) bond motifs is 2. The molecule has 0 spiro atoms. The molecule has 0 saturated heterocycles. The van der Waals surface area contributed by atoms with Crippen LogP contribution in [0.25, 0.3) is 11.0 Å². The van der Waals surface area contributed by atoms with Crippen molar-refractivity contribution in [3.8, 4) is 5.75 Å². The molecule has 1 amide bonds. The molecule has 1 atom stereocenters. The van der Waals surface area contributed by atoms with E-state index in [-0.39, 0.29) is 17.6 Å². The van der Waals surface area contributed by atoms with Gasteiger partial charge in [0.1, 0.15) is 11.3 Å². The molecule has 4 rings (SSSR count). The summed E-state index contributed by atoms with van der Waals surface area (Å²) in [5.41, 5.74) is 5.28. The Morgan fingerprint density at radius 3 is 2.96 bits per heavy atom. The second-order valence-corrected chi connectivity index (χ2v) is 5.99. The predicted octanol–water partition coefficient (Wildman–Crippen LogP) is 2.46. The molecule has 2 N–H and O–H groups in total. The van der Waals surface area contributed by atoms with Crippen LogP contribution in [0.3, 0.4) is 0 Å². The fraction of sp³-hybridized carbons (Fsp3) is 0.235. The van der Waals surface area contributed by atoms with Crippen LogP contribution in [0.1, 0.15) is 29.0 Å². The number of nitrogens with one attached hydrogen (secondary N) is 1. The van der Waals surface area contributed by atoms with Crippen LogP contribution in [0, 0.1) is 6.92 Å². The molecule has 1 aliphatic rings. The van der Waals surface area contributed by atoms with Gasteiger partial charge in [-0.25, -0.2) is 4.68 Å². The van der Waals surface area contributed by atoms with Gasteiger partial charge in [-0.15, -0.1) is 5.10 Å². The maximum atomic E-state index is 12.0. The predicted molar refractivity (Wildman–Crippen MR) is 86.4 cm³/mol. The van der Waals surface area contributed by atoms with Crippen molar-refractivity contribution in [2.75, 3.05) is 5.32 Å². The minimum atomic E-state index is -0.0514. The second-order valence-electron chi connectivity index (χ2n) is 5.99. The largest absolute Gasteiger partial charge is 0.508 e. The lowest BCUT2D eigenvalue weighted by Gasteiger charge is -2.26. The van der Waals surface area contributed by atoms with Crippen LogP contribution in [0.2, 0.25) is 0 Å². The number of hydrogen-bond donors (Lipinski definition) is 2. The Labute approximate surface area is 132 Å².